The molecule has 32 heavy (non-hydrogen) atoms. The fraction of sp³-hybridized carbons (Fsp3) is 0.591. The summed E-state index contributed by atoms with van der Waals surface area (Å²) >= 11 is 0. The number of esters is 1. The van der Waals surface area contributed by atoms with E-state index in [1.165, 1.54) is 36.2 Å². The normalized spacial score (nSPS) is 17.0. The molecule has 2 rings (SSSR count). The smallest absolute Gasteiger partial charge is 0.310 e. The van der Waals surface area contributed by atoms with Crippen LogP contribution < -0.4 is 4.72 Å². The van der Waals surface area contributed by atoms with Gasteiger partial charge in [0.15, 0.2) is 0 Å². The molecule has 2 amide bonds. The van der Waals surface area contributed by atoms with Gasteiger partial charge in [-0.3, -0.25) is 14.4 Å². The van der Waals surface area contributed by atoms with Crippen molar-refractivity contribution in [1.82, 2.24) is 14.5 Å². The second-order valence-electron chi connectivity index (χ2n) is 8.97. The van der Waals surface area contributed by atoms with Gasteiger partial charge in [0, 0.05) is 31.2 Å². The average molecular weight is 468 g/mol. The predicted octanol–water partition coefficient (Wildman–Crippen LogP) is 1.64. The van der Waals surface area contributed by atoms with E-state index in [9.17, 15) is 22.8 Å². The number of benzene rings is 1. The van der Waals surface area contributed by atoms with Gasteiger partial charge in [0.1, 0.15) is 0 Å². The third-order valence-electron chi connectivity index (χ3n) is 4.97. The second-order valence-corrected chi connectivity index (χ2v) is 10.7. The molecule has 9 nitrogen and oxygen atoms in total. The second kappa shape index (κ2) is 10.4. The van der Waals surface area contributed by atoms with Crippen LogP contribution in [0.25, 0.3) is 0 Å². The molecule has 0 radical (unpaired) electrons. The monoisotopic (exact) mass is 467 g/mol. The first kappa shape index (κ1) is 25.8. The number of ether oxygens (including phenoxy) is 1. The van der Waals surface area contributed by atoms with E-state index >= 15 is 0 Å². The van der Waals surface area contributed by atoms with E-state index in [0.29, 0.717) is 26.0 Å². The molecule has 1 N–H and O–H groups in total. The van der Waals surface area contributed by atoms with Crippen LogP contribution in [0.1, 0.15) is 50.9 Å². The van der Waals surface area contributed by atoms with Crippen LogP contribution in [0.4, 0.5) is 0 Å². The van der Waals surface area contributed by atoms with Gasteiger partial charge in [-0.05, 0) is 64.8 Å². The Kier molecular flexibility index (Phi) is 8.41. The molecular formula is C22H33N3O6S. The largest absolute Gasteiger partial charge is 0.466 e. The molecule has 1 aliphatic heterocycles. The van der Waals surface area contributed by atoms with E-state index in [-0.39, 0.29) is 41.3 Å². The molecule has 0 spiro atoms. The summed E-state index contributed by atoms with van der Waals surface area (Å²) < 4.78 is 32.4. The highest BCUT2D eigenvalue weighted by Gasteiger charge is 2.30. The Hall–Kier alpha value is -2.46. The van der Waals surface area contributed by atoms with Crippen LogP contribution in [0.3, 0.4) is 0 Å². The van der Waals surface area contributed by atoms with Gasteiger partial charge in [-0.25, -0.2) is 13.1 Å². The summed E-state index contributed by atoms with van der Waals surface area (Å²) in [6, 6.07) is 5.59. The number of likely N-dealkylation sites (tertiary alicyclic amines) is 1. The molecule has 0 saturated carbocycles. The molecule has 1 fully saturated rings. The van der Waals surface area contributed by atoms with Crippen LogP contribution in [-0.2, 0) is 24.3 Å². The van der Waals surface area contributed by atoms with Gasteiger partial charge in [-0.2, -0.15) is 0 Å². The summed E-state index contributed by atoms with van der Waals surface area (Å²) in [7, 11) is -2.19. The van der Waals surface area contributed by atoms with Crippen LogP contribution in [0.2, 0.25) is 0 Å². The topological polar surface area (TPSA) is 113 Å². The molecule has 1 saturated heterocycles. The third kappa shape index (κ3) is 7.03. The number of carbonyl (C=O) groups excluding carboxylic acids is 3. The number of piperidine rings is 1. The van der Waals surface area contributed by atoms with Gasteiger partial charge in [0.25, 0.3) is 5.91 Å². The summed E-state index contributed by atoms with van der Waals surface area (Å²) in [5.74, 6) is -1.29. The number of amides is 2. The van der Waals surface area contributed by atoms with E-state index in [4.69, 9.17) is 4.74 Å². The molecule has 1 heterocycles. The quantitative estimate of drug-likeness (QED) is 0.610. The van der Waals surface area contributed by atoms with Crippen LogP contribution >= 0.6 is 0 Å². The standard InChI is InChI=1S/C22H33N3O6S/c1-6-31-21(28)17-8-7-13-25(14-17)19(26)15-24(5)20(27)16-9-11-18(12-10-16)32(29,30)23-22(2,3)4/h9-12,17,23H,6-8,13-15H2,1-5H3. The number of likely N-dealkylation sites (N-methyl/N-ethyl adjacent to an activating group) is 1. The van der Waals surface area contributed by atoms with Crippen molar-refractivity contribution in [2.24, 2.45) is 5.92 Å². The highest BCUT2D eigenvalue weighted by atomic mass is 32.2. The van der Waals surface area contributed by atoms with Gasteiger partial charge in [-0.1, -0.05) is 0 Å². The Balaban J connectivity index is 2.00. The number of hydrogen-bond acceptors (Lipinski definition) is 6. The van der Waals surface area contributed by atoms with Crippen molar-refractivity contribution < 1.29 is 27.5 Å². The molecule has 0 bridgehead atoms. The van der Waals surface area contributed by atoms with Gasteiger partial charge < -0.3 is 14.5 Å². The number of nitrogens with one attached hydrogen (secondary N) is 1. The Bertz CT molecular complexity index is 937. The number of hydrogen-bond donors (Lipinski definition) is 1. The minimum atomic E-state index is -3.70. The Morgan fingerprint density at radius 1 is 1.19 bits per heavy atom. The highest BCUT2D eigenvalue weighted by Crippen LogP contribution is 2.19. The highest BCUT2D eigenvalue weighted by molar-refractivity contribution is 7.89. The SMILES string of the molecule is CCOC(=O)C1CCCN(C(=O)CN(C)C(=O)c2ccc(S(=O)(=O)NC(C)(C)C)cc2)C1. The van der Waals surface area contributed by atoms with Crippen molar-refractivity contribution in [2.45, 2.75) is 51.0 Å². The van der Waals surface area contributed by atoms with Gasteiger partial charge in [-0.15, -0.1) is 0 Å². The third-order valence-corrected chi connectivity index (χ3v) is 6.74. The molecule has 1 atom stereocenters. The number of nitrogens with zero attached hydrogens (tertiary/aromatic N) is 2. The first-order chi connectivity index (χ1) is 14.8. The molecule has 0 aliphatic carbocycles. The molecule has 10 heteroatoms. The lowest BCUT2D eigenvalue weighted by Crippen LogP contribution is -2.47. The van der Waals surface area contributed by atoms with E-state index < -0.39 is 21.5 Å². The van der Waals surface area contributed by atoms with Crippen molar-refractivity contribution in [2.75, 3.05) is 33.3 Å². The maximum absolute atomic E-state index is 12.7. The zero-order valence-electron chi connectivity index (χ0n) is 19.4. The van der Waals surface area contributed by atoms with Crippen molar-refractivity contribution in [3.05, 3.63) is 29.8 Å². The number of sulfonamides is 1. The molecule has 0 aromatic heterocycles. The van der Waals surface area contributed by atoms with Crippen LogP contribution in [0, 0.1) is 5.92 Å². The summed E-state index contributed by atoms with van der Waals surface area (Å²) in [5, 5.41) is 0. The first-order valence-corrected chi connectivity index (χ1v) is 12.2. The molecule has 1 unspecified atom stereocenters. The van der Waals surface area contributed by atoms with E-state index in [1.54, 1.807) is 32.6 Å². The molecule has 1 aromatic rings. The van der Waals surface area contributed by atoms with Gasteiger partial charge in [0.2, 0.25) is 15.9 Å². The van der Waals surface area contributed by atoms with Crippen LogP contribution in [0.15, 0.2) is 29.2 Å². The predicted molar refractivity (Wildman–Crippen MR) is 119 cm³/mol. The molecule has 178 valence electrons. The summed E-state index contributed by atoms with van der Waals surface area (Å²) in [5.41, 5.74) is -0.354. The summed E-state index contributed by atoms with van der Waals surface area (Å²) in [6.45, 7) is 7.94. The van der Waals surface area contributed by atoms with Crippen LogP contribution in [0.5, 0.6) is 0 Å². The molecular weight excluding hydrogens is 434 g/mol. The number of carbonyl (C=O) groups is 3. The van der Waals surface area contributed by atoms with Gasteiger partial charge >= 0.3 is 5.97 Å². The lowest BCUT2D eigenvalue weighted by molar-refractivity contribution is -0.151. The van der Waals surface area contributed by atoms with Crippen molar-refractivity contribution in [1.29, 1.82) is 0 Å². The minimum Gasteiger partial charge on any atom is -0.466 e. The van der Waals surface area contributed by atoms with E-state index in [2.05, 4.69) is 4.72 Å². The fourth-order valence-electron chi connectivity index (χ4n) is 3.49. The Labute approximate surface area is 190 Å². The lowest BCUT2D eigenvalue weighted by Gasteiger charge is -2.32. The Morgan fingerprint density at radius 2 is 1.81 bits per heavy atom. The first-order valence-electron chi connectivity index (χ1n) is 10.7. The lowest BCUT2D eigenvalue weighted by atomic mass is 9.98. The van der Waals surface area contributed by atoms with Crippen molar-refractivity contribution >= 4 is 27.8 Å². The van der Waals surface area contributed by atoms with E-state index in [0.717, 1.165) is 0 Å². The zero-order valence-corrected chi connectivity index (χ0v) is 20.2. The van der Waals surface area contributed by atoms with Crippen molar-refractivity contribution in [3.63, 3.8) is 0 Å². The summed E-state index contributed by atoms with van der Waals surface area (Å²) in [6.07, 6.45) is 1.38. The number of rotatable bonds is 7. The minimum absolute atomic E-state index is 0.0565. The average Bonchev–Trinajstić information content (AvgIpc) is 2.71. The molecule has 1 aromatic carbocycles. The molecule has 1 aliphatic rings. The zero-order chi connectivity index (χ0) is 24.1. The fourth-order valence-corrected chi connectivity index (χ4v) is 4.91. The summed E-state index contributed by atoms with van der Waals surface area (Å²) in [4.78, 5) is 40.3. The van der Waals surface area contributed by atoms with Crippen LogP contribution in [-0.4, -0.2) is 74.8 Å². The maximum Gasteiger partial charge on any atom is 0.310 e. The Morgan fingerprint density at radius 3 is 2.38 bits per heavy atom. The maximum atomic E-state index is 12.7. The van der Waals surface area contributed by atoms with Gasteiger partial charge in [0.05, 0.1) is 24.0 Å². The van der Waals surface area contributed by atoms with Crippen molar-refractivity contribution in [3.8, 4) is 0 Å². The van der Waals surface area contributed by atoms with E-state index in [1.807, 2.05) is 0 Å².